The standard InChI is InChI=1S/C10H19NO3S/c12-10-5-8(6-10)7-11-9-1-3-15(13,14)4-2-9/h8-12H,1-7H2. The molecule has 2 fully saturated rings. The summed E-state index contributed by atoms with van der Waals surface area (Å²) < 4.78 is 22.4. The van der Waals surface area contributed by atoms with E-state index in [9.17, 15) is 8.42 Å². The number of sulfone groups is 1. The minimum Gasteiger partial charge on any atom is -0.393 e. The number of rotatable bonds is 3. The van der Waals surface area contributed by atoms with Crippen molar-refractivity contribution < 1.29 is 13.5 Å². The maximum absolute atomic E-state index is 11.2. The lowest BCUT2D eigenvalue weighted by molar-refractivity contribution is 0.0417. The van der Waals surface area contributed by atoms with Gasteiger partial charge in [0.25, 0.3) is 0 Å². The second-order valence-electron chi connectivity index (χ2n) is 4.83. The van der Waals surface area contributed by atoms with Gasteiger partial charge >= 0.3 is 0 Å². The highest BCUT2D eigenvalue weighted by molar-refractivity contribution is 7.91. The second-order valence-corrected chi connectivity index (χ2v) is 7.13. The summed E-state index contributed by atoms with van der Waals surface area (Å²) in [6.45, 7) is 0.932. The van der Waals surface area contributed by atoms with Gasteiger partial charge in [-0.2, -0.15) is 0 Å². The van der Waals surface area contributed by atoms with Crippen molar-refractivity contribution in [1.29, 1.82) is 0 Å². The molecular formula is C10H19NO3S. The average Bonchev–Trinajstić information content (AvgIpc) is 2.12. The van der Waals surface area contributed by atoms with Crippen molar-refractivity contribution in [3.63, 3.8) is 0 Å². The van der Waals surface area contributed by atoms with E-state index in [1.165, 1.54) is 0 Å². The summed E-state index contributed by atoms with van der Waals surface area (Å²) in [5.74, 6) is 1.26. The Morgan fingerprint density at radius 3 is 2.33 bits per heavy atom. The fourth-order valence-corrected chi connectivity index (χ4v) is 3.79. The summed E-state index contributed by atoms with van der Waals surface area (Å²) in [6.07, 6.45) is 3.20. The molecule has 2 rings (SSSR count). The molecule has 1 saturated carbocycles. The van der Waals surface area contributed by atoms with Crippen LogP contribution in [0.4, 0.5) is 0 Å². The van der Waals surface area contributed by atoms with Crippen molar-refractivity contribution in [3.05, 3.63) is 0 Å². The minimum atomic E-state index is -2.73. The van der Waals surface area contributed by atoms with Crippen LogP contribution in [-0.2, 0) is 9.84 Å². The second kappa shape index (κ2) is 4.39. The van der Waals surface area contributed by atoms with Crippen LogP contribution in [0.3, 0.4) is 0 Å². The van der Waals surface area contributed by atoms with Gasteiger partial charge in [-0.3, -0.25) is 0 Å². The Balaban J connectivity index is 1.65. The molecule has 88 valence electrons. The highest BCUT2D eigenvalue weighted by Crippen LogP contribution is 2.26. The van der Waals surface area contributed by atoms with Crippen LogP contribution in [0.2, 0.25) is 0 Å². The van der Waals surface area contributed by atoms with Crippen molar-refractivity contribution in [2.75, 3.05) is 18.1 Å². The van der Waals surface area contributed by atoms with Gasteiger partial charge in [-0.05, 0) is 38.1 Å². The molecule has 2 N–H and O–H groups in total. The van der Waals surface area contributed by atoms with E-state index in [1.54, 1.807) is 0 Å². The quantitative estimate of drug-likeness (QED) is 0.716. The molecule has 15 heavy (non-hydrogen) atoms. The molecule has 0 radical (unpaired) electrons. The smallest absolute Gasteiger partial charge is 0.150 e. The first-order valence-corrected chi connectivity index (χ1v) is 7.49. The van der Waals surface area contributed by atoms with Gasteiger partial charge in [0.1, 0.15) is 9.84 Å². The van der Waals surface area contributed by atoms with Crippen LogP contribution >= 0.6 is 0 Å². The Labute approximate surface area is 91.0 Å². The normalized spacial score (nSPS) is 36.1. The molecule has 0 bridgehead atoms. The molecule has 2 aliphatic rings. The summed E-state index contributed by atoms with van der Waals surface area (Å²) in [5.41, 5.74) is 0. The molecule has 0 aromatic rings. The summed E-state index contributed by atoms with van der Waals surface area (Å²) in [4.78, 5) is 0. The maximum Gasteiger partial charge on any atom is 0.150 e. The number of aliphatic hydroxyl groups excluding tert-OH is 1. The van der Waals surface area contributed by atoms with Crippen LogP contribution in [0.5, 0.6) is 0 Å². The van der Waals surface area contributed by atoms with Gasteiger partial charge in [-0.15, -0.1) is 0 Å². The van der Waals surface area contributed by atoms with Gasteiger partial charge in [0.05, 0.1) is 17.6 Å². The van der Waals surface area contributed by atoms with Crippen molar-refractivity contribution in [2.45, 2.75) is 37.8 Å². The highest BCUT2D eigenvalue weighted by Gasteiger charge is 2.28. The molecule has 1 aliphatic heterocycles. The van der Waals surface area contributed by atoms with E-state index in [0.717, 1.165) is 32.2 Å². The predicted molar refractivity (Wildman–Crippen MR) is 58.4 cm³/mol. The monoisotopic (exact) mass is 233 g/mol. The topological polar surface area (TPSA) is 66.4 Å². The molecule has 0 aromatic heterocycles. The fraction of sp³-hybridized carbons (Fsp3) is 1.00. The van der Waals surface area contributed by atoms with E-state index in [1.807, 2.05) is 0 Å². The van der Waals surface area contributed by atoms with Crippen LogP contribution in [0, 0.1) is 5.92 Å². The zero-order chi connectivity index (χ0) is 10.9. The summed E-state index contributed by atoms with van der Waals surface area (Å²) in [5, 5.41) is 12.5. The van der Waals surface area contributed by atoms with Crippen molar-refractivity contribution in [2.24, 2.45) is 5.92 Å². The van der Waals surface area contributed by atoms with Crippen LogP contribution in [0.1, 0.15) is 25.7 Å². The summed E-state index contributed by atoms with van der Waals surface area (Å²) in [6, 6.07) is 0.367. The van der Waals surface area contributed by atoms with Gasteiger partial charge in [0, 0.05) is 6.04 Å². The zero-order valence-electron chi connectivity index (χ0n) is 8.85. The SMILES string of the molecule is O=S1(=O)CCC(NCC2CC(O)C2)CC1. The third-order valence-corrected chi connectivity index (χ3v) is 5.18. The molecule has 0 amide bonds. The first-order valence-electron chi connectivity index (χ1n) is 5.67. The molecule has 1 saturated heterocycles. The molecule has 0 atom stereocenters. The van der Waals surface area contributed by atoms with Gasteiger partial charge in [-0.1, -0.05) is 0 Å². The summed E-state index contributed by atoms with van der Waals surface area (Å²) >= 11 is 0. The maximum atomic E-state index is 11.2. The third kappa shape index (κ3) is 3.16. The fourth-order valence-electron chi connectivity index (χ4n) is 2.29. The van der Waals surface area contributed by atoms with E-state index < -0.39 is 9.84 Å². The largest absolute Gasteiger partial charge is 0.393 e. The molecule has 0 spiro atoms. The summed E-state index contributed by atoms with van der Waals surface area (Å²) in [7, 11) is -2.73. The molecule has 0 aromatic carbocycles. The van der Waals surface area contributed by atoms with Gasteiger partial charge in [0.15, 0.2) is 0 Å². The Kier molecular flexibility index (Phi) is 3.33. The van der Waals surface area contributed by atoms with Gasteiger partial charge < -0.3 is 10.4 Å². The van der Waals surface area contributed by atoms with E-state index >= 15 is 0 Å². The van der Waals surface area contributed by atoms with Crippen LogP contribution < -0.4 is 5.32 Å². The highest BCUT2D eigenvalue weighted by atomic mass is 32.2. The van der Waals surface area contributed by atoms with Crippen molar-refractivity contribution >= 4 is 9.84 Å². The lowest BCUT2D eigenvalue weighted by Gasteiger charge is -2.33. The Morgan fingerprint density at radius 2 is 1.80 bits per heavy atom. The first-order chi connectivity index (χ1) is 7.05. The zero-order valence-corrected chi connectivity index (χ0v) is 9.67. The lowest BCUT2D eigenvalue weighted by Crippen LogP contribution is -2.43. The third-order valence-electron chi connectivity index (χ3n) is 3.46. The Morgan fingerprint density at radius 1 is 1.20 bits per heavy atom. The van der Waals surface area contributed by atoms with E-state index in [4.69, 9.17) is 5.11 Å². The lowest BCUT2D eigenvalue weighted by atomic mass is 9.82. The van der Waals surface area contributed by atoms with Gasteiger partial charge in [0.2, 0.25) is 0 Å². The van der Waals surface area contributed by atoms with Crippen LogP contribution in [-0.4, -0.2) is 43.7 Å². The average molecular weight is 233 g/mol. The van der Waals surface area contributed by atoms with Crippen LogP contribution in [0.25, 0.3) is 0 Å². The minimum absolute atomic E-state index is 0.0940. The molecule has 1 heterocycles. The molecule has 0 unspecified atom stereocenters. The van der Waals surface area contributed by atoms with E-state index in [0.29, 0.717) is 23.5 Å². The van der Waals surface area contributed by atoms with Crippen molar-refractivity contribution in [3.8, 4) is 0 Å². The molecule has 4 nitrogen and oxygen atoms in total. The Hall–Kier alpha value is -0.130. The first kappa shape index (κ1) is 11.4. The number of hydrogen-bond donors (Lipinski definition) is 2. The Bertz CT molecular complexity index is 295. The predicted octanol–water partition coefficient (Wildman–Crippen LogP) is -0.0759. The molecule has 1 aliphatic carbocycles. The number of hydrogen-bond acceptors (Lipinski definition) is 4. The van der Waals surface area contributed by atoms with Gasteiger partial charge in [-0.25, -0.2) is 8.42 Å². The number of aliphatic hydroxyl groups is 1. The number of nitrogens with one attached hydrogen (secondary N) is 1. The van der Waals surface area contributed by atoms with Crippen LogP contribution in [0.15, 0.2) is 0 Å². The van der Waals surface area contributed by atoms with E-state index in [-0.39, 0.29) is 6.10 Å². The van der Waals surface area contributed by atoms with E-state index in [2.05, 4.69) is 5.32 Å². The molecule has 5 heteroatoms. The van der Waals surface area contributed by atoms with Crippen molar-refractivity contribution in [1.82, 2.24) is 5.32 Å². The molecular weight excluding hydrogens is 214 g/mol.